The van der Waals surface area contributed by atoms with Crippen LogP contribution in [0.3, 0.4) is 0 Å². The van der Waals surface area contributed by atoms with Crippen LogP contribution in [0.15, 0.2) is 42.5 Å². The number of carbonyl (C=O) groups is 1. The lowest BCUT2D eigenvalue weighted by Gasteiger charge is -2.36. The van der Waals surface area contributed by atoms with Crippen LogP contribution in [0.25, 0.3) is 0 Å². The van der Waals surface area contributed by atoms with Crippen molar-refractivity contribution in [2.45, 2.75) is 13.0 Å². The van der Waals surface area contributed by atoms with Crippen molar-refractivity contribution < 1.29 is 14.1 Å². The lowest BCUT2D eigenvalue weighted by molar-refractivity contribution is -0.914. The second-order valence-corrected chi connectivity index (χ2v) is 7.34. The highest BCUT2D eigenvalue weighted by atomic mass is 35.5. The van der Waals surface area contributed by atoms with Crippen molar-refractivity contribution in [3.63, 3.8) is 0 Å². The quantitative estimate of drug-likeness (QED) is 0.833. The van der Waals surface area contributed by atoms with E-state index in [9.17, 15) is 9.18 Å². The van der Waals surface area contributed by atoms with E-state index in [4.69, 9.17) is 23.2 Å². The van der Waals surface area contributed by atoms with Crippen LogP contribution in [0.2, 0.25) is 10.0 Å². The Morgan fingerprint density at radius 2 is 1.77 bits per heavy atom. The number of para-hydroxylation sites is 1. The van der Waals surface area contributed by atoms with Crippen molar-refractivity contribution >= 4 is 40.5 Å². The van der Waals surface area contributed by atoms with E-state index in [1.54, 1.807) is 30.3 Å². The third kappa shape index (κ3) is 4.47. The van der Waals surface area contributed by atoms with E-state index in [0.29, 0.717) is 34.5 Å². The fourth-order valence-corrected chi connectivity index (χ4v) is 3.76. The van der Waals surface area contributed by atoms with Crippen LogP contribution in [-0.4, -0.2) is 38.1 Å². The minimum Gasteiger partial charge on any atom is -0.358 e. The summed E-state index contributed by atoms with van der Waals surface area (Å²) in [5.74, 6) is -0.294. The number of benzene rings is 2. The van der Waals surface area contributed by atoms with Gasteiger partial charge in [-0.05, 0) is 37.3 Å². The first-order valence-corrected chi connectivity index (χ1v) is 9.30. The Morgan fingerprint density at radius 1 is 1.15 bits per heavy atom. The lowest BCUT2D eigenvalue weighted by Crippen LogP contribution is -3.19. The molecule has 2 aromatic carbocycles. The summed E-state index contributed by atoms with van der Waals surface area (Å²) >= 11 is 11.9. The molecule has 1 heterocycles. The molecule has 0 aliphatic carbocycles. The molecule has 1 atom stereocenters. The summed E-state index contributed by atoms with van der Waals surface area (Å²) < 4.78 is 13.9. The average Bonchev–Trinajstić information content (AvgIpc) is 2.61. The molecule has 1 aliphatic rings. The molecule has 0 saturated carbocycles. The van der Waals surface area contributed by atoms with Gasteiger partial charge in [-0.1, -0.05) is 35.3 Å². The molecular weight excluding hydrogens is 376 g/mol. The maximum atomic E-state index is 13.9. The summed E-state index contributed by atoms with van der Waals surface area (Å²) in [4.78, 5) is 15.7. The van der Waals surface area contributed by atoms with Gasteiger partial charge in [0, 0.05) is 15.7 Å². The summed E-state index contributed by atoms with van der Waals surface area (Å²) in [7, 11) is 0. The van der Waals surface area contributed by atoms with Crippen LogP contribution < -0.4 is 15.1 Å². The zero-order valence-electron chi connectivity index (χ0n) is 14.4. The largest absolute Gasteiger partial charge is 0.358 e. The second-order valence-electron chi connectivity index (χ2n) is 6.47. The molecule has 0 spiro atoms. The molecule has 0 unspecified atom stereocenters. The fraction of sp³-hybridized carbons (Fsp3) is 0.316. The Hall–Kier alpha value is -1.82. The fourth-order valence-electron chi connectivity index (χ4n) is 3.24. The number of hydrogen-bond acceptors (Lipinski definition) is 2. The van der Waals surface area contributed by atoms with Gasteiger partial charge >= 0.3 is 0 Å². The molecule has 1 fully saturated rings. The number of halogens is 3. The monoisotopic (exact) mass is 396 g/mol. The van der Waals surface area contributed by atoms with Gasteiger partial charge in [0.05, 0.1) is 31.9 Å². The van der Waals surface area contributed by atoms with Crippen LogP contribution in [0.5, 0.6) is 0 Å². The molecule has 138 valence electrons. The van der Waals surface area contributed by atoms with Crippen molar-refractivity contribution in [2.24, 2.45) is 0 Å². The maximum absolute atomic E-state index is 13.9. The maximum Gasteiger partial charge on any atom is 0.282 e. The minimum absolute atomic E-state index is 0.0855. The average molecular weight is 397 g/mol. The minimum atomic E-state index is -0.226. The molecule has 2 aromatic rings. The molecule has 4 nitrogen and oxygen atoms in total. The van der Waals surface area contributed by atoms with Crippen LogP contribution in [-0.2, 0) is 4.79 Å². The molecular formula is C19H21Cl2FN3O+. The van der Waals surface area contributed by atoms with Crippen molar-refractivity contribution in [1.29, 1.82) is 0 Å². The van der Waals surface area contributed by atoms with Crippen molar-refractivity contribution in [3.8, 4) is 0 Å². The molecule has 1 saturated heterocycles. The first-order chi connectivity index (χ1) is 12.4. The molecule has 0 aromatic heterocycles. The van der Waals surface area contributed by atoms with Gasteiger partial charge in [0.1, 0.15) is 5.82 Å². The summed E-state index contributed by atoms with van der Waals surface area (Å²) in [6.07, 6.45) is 0. The predicted molar refractivity (Wildman–Crippen MR) is 104 cm³/mol. The first kappa shape index (κ1) is 19.0. The standard InChI is InChI=1S/C19H20Cl2FN3O/c1-13(19(26)23-16-11-14(20)10-15(21)12-16)24-6-8-25(9-7-24)18-5-3-2-4-17(18)22/h2-5,10-13H,6-9H2,1H3,(H,23,26)/p+1/t13-/m1/s1. The Balaban J connectivity index is 1.58. The summed E-state index contributed by atoms with van der Waals surface area (Å²) in [6, 6.07) is 11.5. The second kappa shape index (κ2) is 8.25. The zero-order chi connectivity index (χ0) is 18.7. The molecule has 1 aliphatic heterocycles. The van der Waals surface area contributed by atoms with E-state index >= 15 is 0 Å². The van der Waals surface area contributed by atoms with E-state index in [-0.39, 0.29) is 17.8 Å². The van der Waals surface area contributed by atoms with Crippen molar-refractivity contribution in [3.05, 3.63) is 58.3 Å². The van der Waals surface area contributed by atoms with Gasteiger partial charge in [-0.15, -0.1) is 0 Å². The third-order valence-electron chi connectivity index (χ3n) is 4.73. The van der Waals surface area contributed by atoms with E-state index in [0.717, 1.165) is 13.1 Å². The summed E-state index contributed by atoms with van der Waals surface area (Å²) in [5.41, 5.74) is 1.21. The Bertz CT molecular complexity index is 774. The molecule has 2 N–H and O–H groups in total. The number of piperazine rings is 1. The Labute approximate surface area is 162 Å². The van der Waals surface area contributed by atoms with E-state index in [1.165, 1.54) is 11.0 Å². The highest BCUT2D eigenvalue weighted by Crippen LogP contribution is 2.22. The topological polar surface area (TPSA) is 36.8 Å². The number of nitrogens with one attached hydrogen (secondary N) is 2. The molecule has 0 bridgehead atoms. The van der Waals surface area contributed by atoms with E-state index < -0.39 is 0 Å². The molecule has 3 rings (SSSR count). The predicted octanol–water partition coefficient (Wildman–Crippen LogP) is 2.86. The van der Waals surface area contributed by atoms with Gasteiger partial charge in [0.25, 0.3) is 5.91 Å². The van der Waals surface area contributed by atoms with Crippen LogP contribution in [0.1, 0.15) is 6.92 Å². The van der Waals surface area contributed by atoms with Gasteiger partial charge < -0.3 is 15.1 Å². The molecule has 0 radical (unpaired) electrons. The van der Waals surface area contributed by atoms with E-state index in [1.807, 2.05) is 17.9 Å². The lowest BCUT2D eigenvalue weighted by atomic mass is 10.2. The number of quaternary nitrogens is 1. The van der Waals surface area contributed by atoms with Gasteiger partial charge in [-0.3, -0.25) is 4.79 Å². The number of amides is 1. The van der Waals surface area contributed by atoms with Crippen LogP contribution in [0, 0.1) is 5.82 Å². The van der Waals surface area contributed by atoms with Gasteiger partial charge in [0.15, 0.2) is 6.04 Å². The highest BCUT2D eigenvalue weighted by molar-refractivity contribution is 6.35. The summed E-state index contributed by atoms with van der Waals surface area (Å²) in [6.45, 7) is 4.84. The first-order valence-electron chi connectivity index (χ1n) is 8.55. The van der Waals surface area contributed by atoms with Gasteiger partial charge in [-0.25, -0.2) is 4.39 Å². The highest BCUT2D eigenvalue weighted by Gasteiger charge is 2.30. The van der Waals surface area contributed by atoms with Crippen LogP contribution >= 0.6 is 23.2 Å². The molecule has 7 heteroatoms. The number of hydrogen-bond donors (Lipinski definition) is 2. The van der Waals surface area contributed by atoms with Gasteiger partial charge in [-0.2, -0.15) is 0 Å². The Morgan fingerprint density at radius 3 is 2.38 bits per heavy atom. The van der Waals surface area contributed by atoms with Crippen molar-refractivity contribution in [2.75, 3.05) is 36.4 Å². The zero-order valence-corrected chi connectivity index (χ0v) is 15.9. The van der Waals surface area contributed by atoms with Gasteiger partial charge in [0.2, 0.25) is 0 Å². The van der Waals surface area contributed by atoms with Crippen molar-refractivity contribution in [1.82, 2.24) is 0 Å². The molecule has 1 amide bonds. The third-order valence-corrected chi connectivity index (χ3v) is 5.17. The number of anilines is 2. The van der Waals surface area contributed by atoms with Crippen LogP contribution in [0.4, 0.5) is 15.8 Å². The number of nitrogens with zero attached hydrogens (tertiary/aromatic N) is 1. The number of rotatable bonds is 4. The van der Waals surface area contributed by atoms with E-state index in [2.05, 4.69) is 5.32 Å². The smallest absolute Gasteiger partial charge is 0.282 e. The normalized spacial score (nSPS) is 16.4. The SMILES string of the molecule is C[C@H](C(=O)Nc1cc(Cl)cc(Cl)c1)[NH+]1CCN(c2ccccc2F)CC1. The summed E-state index contributed by atoms with van der Waals surface area (Å²) in [5, 5.41) is 3.83. The molecule has 26 heavy (non-hydrogen) atoms. The number of carbonyl (C=O) groups excluding carboxylic acids is 1. The Kier molecular flexibility index (Phi) is 6.01.